The van der Waals surface area contributed by atoms with Crippen LogP contribution in [0.25, 0.3) is 10.9 Å². The molecule has 3 heteroatoms. The molecular formula is C15H20INS. The molecule has 18 heavy (non-hydrogen) atoms. The van der Waals surface area contributed by atoms with Crippen LogP contribution in [0.4, 0.5) is 0 Å². The molecule has 0 spiro atoms. The van der Waals surface area contributed by atoms with Gasteiger partial charge >= 0.3 is 0 Å². The van der Waals surface area contributed by atoms with Crippen LogP contribution >= 0.6 is 11.8 Å². The lowest BCUT2D eigenvalue weighted by molar-refractivity contribution is -0.645. The second-order valence-corrected chi connectivity index (χ2v) is 6.04. The molecule has 0 bridgehead atoms. The van der Waals surface area contributed by atoms with E-state index < -0.39 is 0 Å². The minimum absolute atomic E-state index is 0. The zero-order chi connectivity index (χ0) is 12.3. The third kappa shape index (κ3) is 4.12. The molecule has 0 unspecified atom stereocenters. The fraction of sp³-hybridized carbons (Fsp3) is 0.400. The highest BCUT2D eigenvalue weighted by Gasteiger charge is 2.05. The summed E-state index contributed by atoms with van der Waals surface area (Å²) in [4.78, 5) is 1.37. The molecule has 0 saturated carbocycles. The van der Waals surface area contributed by atoms with E-state index in [1.165, 1.54) is 28.0 Å². The Morgan fingerprint density at radius 3 is 2.72 bits per heavy atom. The third-order valence-electron chi connectivity index (χ3n) is 2.93. The highest BCUT2D eigenvalue weighted by Crippen LogP contribution is 2.23. The van der Waals surface area contributed by atoms with Crippen LogP contribution in [0.3, 0.4) is 0 Å². The van der Waals surface area contributed by atoms with Crippen LogP contribution in [0.15, 0.2) is 41.4 Å². The normalized spacial score (nSPS) is 10.7. The van der Waals surface area contributed by atoms with E-state index in [0.717, 1.165) is 5.92 Å². The Morgan fingerprint density at radius 1 is 1.22 bits per heavy atom. The second kappa shape index (κ2) is 7.34. The van der Waals surface area contributed by atoms with E-state index in [1.807, 2.05) is 11.8 Å². The van der Waals surface area contributed by atoms with Gasteiger partial charge in [0.1, 0.15) is 7.05 Å². The Bertz CT molecular complexity index is 511. The molecule has 1 aromatic carbocycles. The standard InChI is InChI=1S/C15H20NS.HI/c1-12(2)8-10-17-14-7-6-13-5-4-9-16(3)15(13)11-14;/h4-7,9,11-12H,8,10H2,1-3H3;1H/q+1;/p-1. The van der Waals surface area contributed by atoms with E-state index in [2.05, 4.69) is 62.0 Å². The van der Waals surface area contributed by atoms with E-state index in [1.54, 1.807) is 0 Å². The first-order valence-corrected chi connectivity index (χ1v) is 7.16. The van der Waals surface area contributed by atoms with Crippen molar-refractivity contribution < 1.29 is 28.5 Å². The number of fused-ring (bicyclic) bond motifs is 1. The van der Waals surface area contributed by atoms with Gasteiger partial charge in [-0.3, -0.25) is 0 Å². The Balaban J connectivity index is 0.00000162. The summed E-state index contributed by atoms with van der Waals surface area (Å²) in [6, 6.07) is 11.0. The summed E-state index contributed by atoms with van der Waals surface area (Å²) in [7, 11) is 2.10. The maximum atomic E-state index is 2.29. The average molecular weight is 373 g/mol. The van der Waals surface area contributed by atoms with Gasteiger partial charge in [0.25, 0.3) is 0 Å². The van der Waals surface area contributed by atoms with Gasteiger partial charge in [0.05, 0.1) is 0 Å². The predicted octanol–water partition coefficient (Wildman–Crippen LogP) is 0.806. The van der Waals surface area contributed by atoms with Crippen LogP contribution in [0.5, 0.6) is 0 Å². The highest BCUT2D eigenvalue weighted by molar-refractivity contribution is 7.99. The predicted molar refractivity (Wildman–Crippen MR) is 75.3 cm³/mol. The summed E-state index contributed by atoms with van der Waals surface area (Å²) < 4.78 is 2.18. The molecule has 2 aromatic rings. The molecule has 1 aromatic heterocycles. The number of aromatic nitrogens is 1. The fourth-order valence-electron chi connectivity index (χ4n) is 1.83. The van der Waals surface area contributed by atoms with Crippen molar-refractivity contribution in [2.24, 2.45) is 13.0 Å². The zero-order valence-corrected chi connectivity index (χ0v) is 14.2. The summed E-state index contributed by atoms with van der Waals surface area (Å²) in [5.74, 6) is 2.00. The number of nitrogens with zero attached hydrogens (tertiary/aromatic N) is 1. The van der Waals surface area contributed by atoms with Crippen LogP contribution < -0.4 is 28.5 Å². The van der Waals surface area contributed by atoms with Crippen molar-refractivity contribution in [1.82, 2.24) is 0 Å². The number of pyridine rings is 1. The number of aryl methyl sites for hydroxylation is 1. The van der Waals surface area contributed by atoms with Crippen molar-refractivity contribution in [3.8, 4) is 0 Å². The maximum absolute atomic E-state index is 2.29. The fourth-order valence-corrected chi connectivity index (χ4v) is 3.01. The smallest absolute Gasteiger partial charge is 0.213 e. The molecule has 1 nitrogen and oxygen atoms in total. The molecule has 0 N–H and O–H groups in total. The summed E-state index contributed by atoms with van der Waals surface area (Å²) in [5.41, 5.74) is 1.31. The number of benzene rings is 1. The minimum atomic E-state index is 0. The first-order valence-electron chi connectivity index (χ1n) is 6.18. The van der Waals surface area contributed by atoms with Gasteiger partial charge < -0.3 is 24.0 Å². The molecule has 0 fully saturated rings. The summed E-state index contributed by atoms with van der Waals surface area (Å²) >= 11 is 1.96. The van der Waals surface area contributed by atoms with Crippen molar-refractivity contribution in [2.75, 3.05) is 5.75 Å². The molecule has 98 valence electrons. The summed E-state index contributed by atoms with van der Waals surface area (Å²) in [6.45, 7) is 4.56. The minimum Gasteiger partial charge on any atom is -1.00 e. The first kappa shape index (κ1) is 15.8. The Labute approximate surface area is 131 Å². The van der Waals surface area contributed by atoms with Gasteiger partial charge in [-0.25, -0.2) is 4.57 Å². The van der Waals surface area contributed by atoms with Gasteiger partial charge in [0, 0.05) is 22.4 Å². The van der Waals surface area contributed by atoms with Gasteiger partial charge in [-0.2, -0.15) is 0 Å². The lowest BCUT2D eigenvalue weighted by atomic mass is 10.2. The molecular weight excluding hydrogens is 353 g/mol. The molecule has 2 rings (SSSR count). The molecule has 0 aliphatic heterocycles. The molecule has 0 atom stereocenters. The Hall–Kier alpha value is -0.290. The number of thioether (sulfide) groups is 1. The second-order valence-electron chi connectivity index (χ2n) is 4.87. The zero-order valence-electron chi connectivity index (χ0n) is 11.2. The van der Waals surface area contributed by atoms with Crippen molar-refractivity contribution in [3.63, 3.8) is 0 Å². The van der Waals surface area contributed by atoms with Gasteiger partial charge in [-0.05, 0) is 36.3 Å². The van der Waals surface area contributed by atoms with E-state index in [4.69, 9.17) is 0 Å². The van der Waals surface area contributed by atoms with Gasteiger partial charge in [0.2, 0.25) is 5.52 Å². The van der Waals surface area contributed by atoms with Gasteiger partial charge in [0.15, 0.2) is 6.20 Å². The lowest BCUT2D eigenvalue weighted by Crippen LogP contribution is -3.00. The molecule has 0 saturated heterocycles. The number of halogens is 1. The average Bonchev–Trinajstić information content (AvgIpc) is 2.30. The molecule has 0 aliphatic carbocycles. The van der Waals surface area contributed by atoms with Crippen LogP contribution in [0.1, 0.15) is 20.3 Å². The topological polar surface area (TPSA) is 3.88 Å². The van der Waals surface area contributed by atoms with Crippen LogP contribution in [0.2, 0.25) is 0 Å². The van der Waals surface area contributed by atoms with Crippen LogP contribution in [-0.2, 0) is 7.05 Å². The quantitative estimate of drug-likeness (QED) is 0.436. The van der Waals surface area contributed by atoms with Crippen molar-refractivity contribution in [3.05, 3.63) is 36.5 Å². The van der Waals surface area contributed by atoms with E-state index in [0.29, 0.717) is 0 Å². The third-order valence-corrected chi connectivity index (χ3v) is 3.96. The van der Waals surface area contributed by atoms with Crippen molar-refractivity contribution in [1.29, 1.82) is 0 Å². The number of hydrogen-bond acceptors (Lipinski definition) is 1. The first-order chi connectivity index (χ1) is 8.16. The van der Waals surface area contributed by atoms with Crippen LogP contribution in [-0.4, -0.2) is 5.75 Å². The van der Waals surface area contributed by atoms with Crippen molar-refractivity contribution in [2.45, 2.75) is 25.2 Å². The summed E-state index contributed by atoms with van der Waals surface area (Å²) in [6.07, 6.45) is 3.38. The number of hydrogen-bond donors (Lipinski definition) is 0. The monoisotopic (exact) mass is 373 g/mol. The van der Waals surface area contributed by atoms with Gasteiger partial charge in [-0.15, -0.1) is 11.8 Å². The van der Waals surface area contributed by atoms with E-state index in [9.17, 15) is 0 Å². The Morgan fingerprint density at radius 2 is 2.00 bits per heavy atom. The van der Waals surface area contributed by atoms with Crippen molar-refractivity contribution >= 4 is 22.7 Å². The SMILES string of the molecule is CC(C)CCSc1ccc2ccc[n+](C)c2c1.[I-]. The van der Waals surface area contributed by atoms with E-state index >= 15 is 0 Å². The largest absolute Gasteiger partial charge is 1.00 e. The van der Waals surface area contributed by atoms with E-state index in [-0.39, 0.29) is 24.0 Å². The number of rotatable bonds is 4. The summed E-state index contributed by atoms with van der Waals surface area (Å²) in [5, 5.41) is 1.31. The maximum Gasteiger partial charge on any atom is 0.213 e. The lowest BCUT2D eigenvalue weighted by Gasteiger charge is -2.04. The van der Waals surface area contributed by atoms with Gasteiger partial charge in [-0.1, -0.05) is 13.8 Å². The molecule has 0 amide bonds. The van der Waals surface area contributed by atoms with Crippen LogP contribution in [0, 0.1) is 5.92 Å². The highest BCUT2D eigenvalue weighted by atomic mass is 127. The molecule has 0 radical (unpaired) electrons. The molecule has 0 aliphatic rings. The molecule has 1 heterocycles. The Kier molecular flexibility index (Phi) is 6.43.